The molecular formula is C15H23NO2. The number of aromatic hydroxyl groups is 1. The summed E-state index contributed by atoms with van der Waals surface area (Å²) in [5.74, 6) is 0.221. The second-order valence-corrected chi connectivity index (χ2v) is 5.47. The number of phenolic OH excluding ortho intramolecular Hbond substituents is 1. The summed E-state index contributed by atoms with van der Waals surface area (Å²) < 4.78 is 0. The summed E-state index contributed by atoms with van der Waals surface area (Å²) in [7, 11) is 0. The van der Waals surface area contributed by atoms with Crippen molar-refractivity contribution in [1.82, 2.24) is 4.90 Å². The molecule has 0 bridgehead atoms. The molecule has 2 atom stereocenters. The second kappa shape index (κ2) is 5.72. The molecule has 3 nitrogen and oxygen atoms in total. The number of aliphatic hydroxyl groups excluding tert-OH is 1. The lowest BCUT2D eigenvalue weighted by Gasteiger charge is -2.29. The lowest BCUT2D eigenvalue weighted by atomic mass is 10.00. The van der Waals surface area contributed by atoms with Crippen molar-refractivity contribution in [3.63, 3.8) is 0 Å². The summed E-state index contributed by atoms with van der Waals surface area (Å²) >= 11 is 0. The third kappa shape index (κ3) is 3.03. The number of nitrogens with zero attached hydrogens (tertiary/aromatic N) is 1. The first-order valence-corrected chi connectivity index (χ1v) is 6.80. The molecular weight excluding hydrogens is 226 g/mol. The lowest BCUT2D eigenvalue weighted by molar-refractivity contribution is 0.107. The fourth-order valence-corrected chi connectivity index (χ4v) is 2.92. The van der Waals surface area contributed by atoms with Gasteiger partial charge in [-0.25, -0.2) is 0 Å². The van der Waals surface area contributed by atoms with Gasteiger partial charge in [0, 0.05) is 12.1 Å². The Balaban J connectivity index is 2.00. The molecule has 1 heterocycles. The van der Waals surface area contributed by atoms with Crippen LogP contribution in [0.2, 0.25) is 0 Å². The molecule has 0 spiro atoms. The number of benzene rings is 1. The first-order valence-electron chi connectivity index (χ1n) is 6.80. The highest BCUT2D eigenvalue weighted by Gasteiger charge is 2.28. The molecule has 0 aliphatic carbocycles. The van der Waals surface area contributed by atoms with Crippen LogP contribution in [-0.4, -0.2) is 33.7 Å². The van der Waals surface area contributed by atoms with Gasteiger partial charge in [0.05, 0.1) is 6.10 Å². The first kappa shape index (κ1) is 13.4. The highest BCUT2D eigenvalue weighted by Crippen LogP contribution is 2.29. The van der Waals surface area contributed by atoms with E-state index in [2.05, 4.69) is 18.7 Å². The smallest absolute Gasteiger partial charge is 0.115 e. The molecule has 2 rings (SSSR count). The van der Waals surface area contributed by atoms with E-state index < -0.39 is 6.10 Å². The van der Waals surface area contributed by atoms with E-state index in [1.807, 2.05) is 6.07 Å². The maximum Gasteiger partial charge on any atom is 0.115 e. The third-order valence-corrected chi connectivity index (χ3v) is 3.84. The number of likely N-dealkylation sites (tertiary alicyclic amines) is 1. The third-order valence-electron chi connectivity index (χ3n) is 3.84. The van der Waals surface area contributed by atoms with E-state index in [9.17, 15) is 10.2 Å². The number of aliphatic hydroxyl groups is 1. The molecule has 0 radical (unpaired) electrons. The fourth-order valence-electron chi connectivity index (χ4n) is 2.92. The summed E-state index contributed by atoms with van der Waals surface area (Å²) in [6.07, 6.45) is 2.65. The molecule has 3 heteroatoms. The van der Waals surface area contributed by atoms with Crippen LogP contribution in [0.15, 0.2) is 24.3 Å². The first-order chi connectivity index (χ1) is 8.58. The molecule has 100 valence electrons. The number of phenols is 1. The van der Waals surface area contributed by atoms with E-state index in [1.54, 1.807) is 18.2 Å². The molecule has 18 heavy (non-hydrogen) atoms. The van der Waals surface area contributed by atoms with E-state index in [-0.39, 0.29) is 5.75 Å². The van der Waals surface area contributed by atoms with E-state index in [4.69, 9.17) is 0 Å². The van der Waals surface area contributed by atoms with E-state index in [0.29, 0.717) is 12.1 Å². The van der Waals surface area contributed by atoms with E-state index >= 15 is 0 Å². The van der Waals surface area contributed by atoms with Gasteiger partial charge >= 0.3 is 0 Å². The standard InChI is InChI=1S/C15H23NO2/c1-11(2)16-8-4-6-13(16)10-15(18)12-5-3-7-14(17)9-12/h3,5,7,9,11,13,15,17-18H,4,6,8,10H2,1-2H3. The van der Waals surface area contributed by atoms with Gasteiger partial charge in [0.1, 0.15) is 5.75 Å². The molecule has 0 aromatic heterocycles. The van der Waals surface area contributed by atoms with Crippen molar-refractivity contribution < 1.29 is 10.2 Å². The maximum absolute atomic E-state index is 10.3. The number of hydrogen-bond donors (Lipinski definition) is 2. The molecule has 1 aliphatic heterocycles. The largest absolute Gasteiger partial charge is 0.508 e. The highest BCUT2D eigenvalue weighted by molar-refractivity contribution is 5.28. The number of hydrogen-bond acceptors (Lipinski definition) is 3. The van der Waals surface area contributed by atoms with Gasteiger partial charge in [-0.1, -0.05) is 12.1 Å². The SMILES string of the molecule is CC(C)N1CCCC1CC(O)c1cccc(O)c1. The Hall–Kier alpha value is -1.06. The van der Waals surface area contributed by atoms with Crippen LogP contribution in [0.25, 0.3) is 0 Å². The van der Waals surface area contributed by atoms with Crippen LogP contribution in [0.3, 0.4) is 0 Å². The predicted octanol–water partition coefficient (Wildman–Crippen LogP) is 2.69. The Morgan fingerprint density at radius 1 is 1.39 bits per heavy atom. The van der Waals surface area contributed by atoms with Gasteiger partial charge in [0.15, 0.2) is 0 Å². The van der Waals surface area contributed by atoms with Crippen LogP contribution >= 0.6 is 0 Å². The zero-order valence-electron chi connectivity index (χ0n) is 11.2. The van der Waals surface area contributed by atoms with Crippen LogP contribution in [0, 0.1) is 0 Å². The van der Waals surface area contributed by atoms with Crippen LogP contribution in [0.5, 0.6) is 5.75 Å². The van der Waals surface area contributed by atoms with E-state index in [0.717, 1.165) is 24.9 Å². The van der Waals surface area contributed by atoms with Gasteiger partial charge < -0.3 is 10.2 Å². The van der Waals surface area contributed by atoms with Crippen molar-refractivity contribution >= 4 is 0 Å². The van der Waals surface area contributed by atoms with Crippen LogP contribution in [-0.2, 0) is 0 Å². The minimum Gasteiger partial charge on any atom is -0.508 e. The summed E-state index contributed by atoms with van der Waals surface area (Å²) in [5.41, 5.74) is 0.811. The number of rotatable bonds is 4. The van der Waals surface area contributed by atoms with Crippen molar-refractivity contribution in [1.29, 1.82) is 0 Å². The van der Waals surface area contributed by atoms with Crippen LogP contribution in [0.1, 0.15) is 44.8 Å². The fraction of sp³-hybridized carbons (Fsp3) is 0.600. The van der Waals surface area contributed by atoms with Crippen LogP contribution in [0.4, 0.5) is 0 Å². The van der Waals surface area contributed by atoms with Crippen LogP contribution < -0.4 is 0 Å². The molecule has 0 amide bonds. The average molecular weight is 249 g/mol. The molecule has 1 fully saturated rings. The highest BCUT2D eigenvalue weighted by atomic mass is 16.3. The molecule has 2 unspecified atom stereocenters. The molecule has 1 aromatic rings. The van der Waals surface area contributed by atoms with Crippen molar-refractivity contribution in [2.45, 2.75) is 51.3 Å². The van der Waals surface area contributed by atoms with Gasteiger partial charge in [0.2, 0.25) is 0 Å². The Morgan fingerprint density at radius 3 is 2.83 bits per heavy atom. The Morgan fingerprint density at radius 2 is 2.17 bits per heavy atom. The summed E-state index contributed by atoms with van der Waals surface area (Å²) in [4.78, 5) is 2.46. The van der Waals surface area contributed by atoms with Gasteiger partial charge in [-0.3, -0.25) is 4.90 Å². The average Bonchev–Trinajstić information content (AvgIpc) is 2.77. The minimum absolute atomic E-state index is 0.221. The van der Waals surface area contributed by atoms with Gasteiger partial charge in [-0.15, -0.1) is 0 Å². The molecule has 0 saturated carbocycles. The van der Waals surface area contributed by atoms with E-state index in [1.165, 1.54) is 6.42 Å². The monoisotopic (exact) mass is 249 g/mol. The molecule has 2 N–H and O–H groups in total. The Bertz CT molecular complexity index is 392. The van der Waals surface area contributed by atoms with Crippen molar-refractivity contribution in [2.24, 2.45) is 0 Å². The Labute approximate surface area is 109 Å². The lowest BCUT2D eigenvalue weighted by Crippen LogP contribution is -2.36. The quantitative estimate of drug-likeness (QED) is 0.862. The maximum atomic E-state index is 10.3. The molecule has 1 aliphatic rings. The zero-order chi connectivity index (χ0) is 13.1. The molecule has 1 aromatic carbocycles. The van der Waals surface area contributed by atoms with Gasteiger partial charge in [-0.05, 0) is 57.4 Å². The van der Waals surface area contributed by atoms with Crippen molar-refractivity contribution in [2.75, 3.05) is 6.54 Å². The summed E-state index contributed by atoms with van der Waals surface area (Å²) in [5, 5.41) is 19.7. The van der Waals surface area contributed by atoms with Crippen molar-refractivity contribution in [3.05, 3.63) is 29.8 Å². The predicted molar refractivity (Wildman–Crippen MR) is 72.5 cm³/mol. The summed E-state index contributed by atoms with van der Waals surface area (Å²) in [6.45, 7) is 5.55. The minimum atomic E-state index is -0.485. The topological polar surface area (TPSA) is 43.7 Å². The zero-order valence-corrected chi connectivity index (χ0v) is 11.2. The van der Waals surface area contributed by atoms with Gasteiger partial charge in [-0.2, -0.15) is 0 Å². The summed E-state index contributed by atoms with van der Waals surface area (Å²) in [6, 6.07) is 7.93. The van der Waals surface area contributed by atoms with Crippen molar-refractivity contribution in [3.8, 4) is 5.75 Å². The Kier molecular flexibility index (Phi) is 4.25. The normalized spacial score (nSPS) is 22.6. The second-order valence-electron chi connectivity index (χ2n) is 5.47. The van der Waals surface area contributed by atoms with Gasteiger partial charge in [0.25, 0.3) is 0 Å². The molecule has 1 saturated heterocycles.